The number of nitrogens with two attached hydrogens (primary N) is 1. The molecule has 0 saturated heterocycles. The number of aliphatic hydroxyl groups excluding tert-OH is 1. The summed E-state index contributed by atoms with van der Waals surface area (Å²) < 4.78 is 0. The van der Waals surface area contributed by atoms with Gasteiger partial charge in [-0.1, -0.05) is 46.0 Å². The zero-order chi connectivity index (χ0) is 13.2. The second-order valence-corrected chi connectivity index (χ2v) is 7.50. The zero-order valence-corrected chi connectivity index (χ0v) is 12.3. The lowest BCUT2D eigenvalue weighted by Gasteiger charge is -2.37. The van der Waals surface area contributed by atoms with Crippen molar-refractivity contribution >= 4 is 0 Å². The Morgan fingerprint density at radius 3 is 2.28 bits per heavy atom. The van der Waals surface area contributed by atoms with Crippen LogP contribution in [0, 0.1) is 16.7 Å². The third-order valence-electron chi connectivity index (χ3n) is 5.77. The fraction of sp³-hybridized carbons (Fsp3) is 1.00. The van der Waals surface area contributed by atoms with Gasteiger partial charge in [-0.25, -0.2) is 0 Å². The minimum Gasteiger partial charge on any atom is -0.392 e. The van der Waals surface area contributed by atoms with Crippen molar-refractivity contribution < 1.29 is 5.11 Å². The highest BCUT2D eigenvalue weighted by atomic mass is 16.3. The molecule has 0 aliphatic heterocycles. The van der Waals surface area contributed by atoms with Crippen molar-refractivity contribution in [1.29, 1.82) is 0 Å². The quantitative estimate of drug-likeness (QED) is 0.806. The first-order valence-electron chi connectivity index (χ1n) is 7.88. The van der Waals surface area contributed by atoms with Gasteiger partial charge in [0.15, 0.2) is 0 Å². The van der Waals surface area contributed by atoms with E-state index in [-0.39, 0.29) is 16.9 Å². The van der Waals surface area contributed by atoms with Gasteiger partial charge in [0.25, 0.3) is 0 Å². The molecule has 2 saturated carbocycles. The van der Waals surface area contributed by atoms with Crippen molar-refractivity contribution in [3.8, 4) is 0 Å². The molecule has 0 spiro atoms. The van der Waals surface area contributed by atoms with Crippen LogP contribution in [-0.4, -0.2) is 17.8 Å². The molecule has 2 aliphatic carbocycles. The van der Waals surface area contributed by atoms with Crippen molar-refractivity contribution in [3.05, 3.63) is 0 Å². The molecular formula is C16H31NO. The van der Waals surface area contributed by atoms with Gasteiger partial charge in [0.1, 0.15) is 0 Å². The summed E-state index contributed by atoms with van der Waals surface area (Å²) in [5.74, 6) is 0.901. The van der Waals surface area contributed by atoms with Crippen molar-refractivity contribution in [1.82, 2.24) is 0 Å². The molecule has 2 rings (SSSR count). The molecule has 2 unspecified atom stereocenters. The topological polar surface area (TPSA) is 46.2 Å². The van der Waals surface area contributed by atoms with Crippen LogP contribution >= 0.6 is 0 Å². The van der Waals surface area contributed by atoms with E-state index < -0.39 is 0 Å². The van der Waals surface area contributed by atoms with Crippen LogP contribution in [0.1, 0.15) is 71.6 Å². The first-order valence-corrected chi connectivity index (χ1v) is 7.88. The number of rotatable bonds is 4. The van der Waals surface area contributed by atoms with E-state index in [2.05, 4.69) is 13.8 Å². The first-order chi connectivity index (χ1) is 8.50. The van der Waals surface area contributed by atoms with E-state index in [1.54, 1.807) is 0 Å². The molecule has 106 valence electrons. The first kappa shape index (κ1) is 14.3. The third kappa shape index (κ3) is 2.75. The predicted octanol–water partition coefficient (Wildman–Crippen LogP) is 3.47. The van der Waals surface area contributed by atoms with Crippen LogP contribution in [0.25, 0.3) is 0 Å². The molecule has 0 aromatic carbocycles. The molecule has 3 N–H and O–H groups in total. The van der Waals surface area contributed by atoms with E-state index in [0.29, 0.717) is 6.54 Å². The van der Waals surface area contributed by atoms with Gasteiger partial charge >= 0.3 is 0 Å². The fourth-order valence-electron chi connectivity index (χ4n) is 4.22. The van der Waals surface area contributed by atoms with E-state index in [1.165, 1.54) is 38.5 Å². The third-order valence-corrected chi connectivity index (χ3v) is 5.77. The number of hydrogen-bond acceptors (Lipinski definition) is 2. The highest BCUT2D eigenvalue weighted by molar-refractivity contribution is 5.02. The van der Waals surface area contributed by atoms with Crippen LogP contribution in [0.15, 0.2) is 0 Å². The maximum absolute atomic E-state index is 10.6. The van der Waals surface area contributed by atoms with Crippen LogP contribution in [0.2, 0.25) is 0 Å². The van der Waals surface area contributed by atoms with Crippen molar-refractivity contribution in [2.75, 3.05) is 6.54 Å². The molecule has 18 heavy (non-hydrogen) atoms. The normalized spacial score (nSPS) is 37.0. The Kier molecular flexibility index (Phi) is 4.38. The second-order valence-electron chi connectivity index (χ2n) is 7.50. The molecule has 0 amide bonds. The molecule has 0 aromatic heterocycles. The van der Waals surface area contributed by atoms with Crippen LogP contribution in [0.3, 0.4) is 0 Å². The summed E-state index contributed by atoms with van der Waals surface area (Å²) in [4.78, 5) is 0. The van der Waals surface area contributed by atoms with Crippen LogP contribution < -0.4 is 5.73 Å². The highest BCUT2D eigenvalue weighted by Gasteiger charge is 2.50. The number of hydrogen-bond donors (Lipinski definition) is 2. The van der Waals surface area contributed by atoms with Gasteiger partial charge in [-0.2, -0.15) is 0 Å². The van der Waals surface area contributed by atoms with Crippen LogP contribution in [0.4, 0.5) is 0 Å². The summed E-state index contributed by atoms with van der Waals surface area (Å²) in [5, 5.41) is 10.6. The van der Waals surface area contributed by atoms with E-state index in [1.807, 2.05) is 0 Å². The van der Waals surface area contributed by atoms with Crippen molar-refractivity contribution in [2.24, 2.45) is 22.5 Å². The summed E-state index contributed by atoms with van der Waals surface area (Å²) in [6.07, 6.45) is 11.5. The van der Waals surface area contributed by atoms with E-state index in [0.717, 1.165) is 25.2 Å². The summed E-state index contributed by atoms with van der Waals surface area (Å²) in [7, 11) is 0. The lowest BCUT2D eigenvalue weighted by Crippen LogP contribution is -2.43. The molecular weight excluding hydrogens is 222 g/mol. The largest absolute Gasteiger partial charge is 0.392 e. The fourth-order valence-corrected chi connectivity index (χ4v) is 4.22. The lowest BCUT2D eigenvalue weighted by atomic mass is 9.72. The predicted molar refractivity (Wildman–Crippen MR) is 76.3 cm³/mol. The Morgan fingerprint density at radius 1 is 1.11 bits per heavy atom. The lowest BCUT2D eigenvalue weighted by molar-refractivity contribution is -0.0126. The molecule has 2 fully saturated rings. The Morgan fingerprint density at radius 2 is 1.78 bits per heavy atom. The van der Waals surface area contributed by atoms with Gasteiger partial charge in [0.05, 0.1) is 6.10 Å². The SMILES string of the molecule is CC1(C)CCC(CN)(CCC2CCCCC2)C1O. The standard InChI is InChI=1S/C16H31NO/c1-15(2)10-11-16(12-17,14(15)18)9-8-13-6-4-3-5-7-13/h13-14,18H,3-12,17H2,1-2H3. The molecule has 0 radical (unpaired) electrons. The van der Waals surface area contributed by atoms with E-state index >= 15 is 0 Å². The van der Waals surface area contributed by atoms with Gasteiger partial charge in [-0.3, -0.25) is 0 Å². The molecule has 0 heterocycles. The molecule has 0 bridgehead atoms. The maximum atomic E-state index is 10.6. The van der Waals surface area contributed by atoms with Crippen LogP contribution in [-0.2, 0) is 0 Å². The van der Waals surface area contributed by atoms with Gasteiger partial charge in [0.2, 0.25) is 0 Å². The maximum Gasteiger partial charge on any atom is 0.0659 e. The summed E-state index contributed by atoms with van der Waals surface area (Å²) in [6, 6.07) is 0. The monoisotopic (exact) mass is 253 g/mol. The van der Waals surface area contributed by atoms with E-state index in [4.69, 9.17) is 5.73 Å². The Bertz CT molecular complexity index is 270. The molecule has 2 aliphatic rings. The Balaban J connectivity index is 1.92. The summed E-state index contributed by atoms with van der Waals surface area (Å²) in [6.45, 7) is 5.04. The average molecular weight is 253 g/mol. The van der Waals surface area contributed by atoms with Gasteiger partial charge in [-0.15, -0.1) is 0 Å². The molecule has 2 nitrogen and oxygen atoms in total. The average Bonchev–Trinajstić information content (AvgIpc) is 2.62. The number of aliphatic hydroxyl groups is 1. The Labute approximate surface area is 112 Å². The zero-order valence-electron chi connectivity index (χ0n) is 12.3. The molecule has 2 heteroatoms. The molecule has 0 aromatic rings. The minimum atomic E-state index is -0.210. The summed E-state index contributed by atoms with van der Waals surface area (Å²) in [5.41, 5.74) is 6.11. The van der Waals surface area contributed by atoms with Gasteiger partial charge < -0.3 is 10.8 Å². The summed E-state index contributed by atoms with van der Waals surface area (Å²) >= 11 is 0. The molecule has 2 atom stereocenters. The van der Waals surface area contributed by atoms with Gasteiger partial charge in [0, 0.05) is 12.0 Å². The second kappa shape index (κ2) is 5.50. The van der Waals surface area contributed by atoms with Gasteiger partial charge in [-0.05, 0) is 37.0 Å². The van der Waals surface area contributed by atoms with Crippen molar-refractivity contribution in [3.63, 3.8) is 0 Å². The highest BCUT2D eigenvalue weighted by Crippen LogP contribution is 2.51. The Hall–Kier alpha value is -0.0800. The minimum absolute atomic E-state index is 0.0148. The van der Waals surface area contributed by atoms with Crippen molar-refractivity contribution in [2.45, 2.75) is 77.7 Å². The van der Waals surface area contributed by atoms with E-state index in [9.17, 15) is 5.11 Å². The smallest absolute Gasteiger partial charge is 0.0659 e. The van der Waals surface area contributed by atoms with Crippen LogP contribution in [0.5, 0.6) is 0 Å².